The molecule has 0 saturated heterocycles. The van der Waals surface area contributed by atoms with Gasteiger partial charge < -0.3 is 5.32 Å². The molecule has 1 amide bonds. The number of anilines is 1. The zero-order chi connectivity index (χ0) is 15.3. The van der Waals surface area contributed by atoms with Crippen LogP contribution < -0.4 is 5.32 Å². The van der Waals surface area contributed by atoms with Gasteiger partial charge in [-0.3, -0.25) is 4.79 Å². The number of rotatable bonds is 3. The van der Waals surface area contributed by atoms with Crippen molar-refractivity contribution in [3.05, 3.63) is 29.3 Å². The molecule has 0 heterocycles. The molecule has 1 aromatic carbocycles. The highest BCUT2D eigenvalue weighted by Gasteiger charge is 2.51. The highest BCUT2D eigenvalue weighted by molar-refractivity contribution is 5.92. The van der Waals surface area contributed by atoms with Crippen LogP contribution in [0.25, 0.3) is 0 Å². The number of nitrogens with one attached hydrogen (secondary N) is 1. The van der Waals surface area contributed by atoms with E-state index in [2.05, 4.69) is 25.2 Å². The molecule has 2 heteroatoms. The van der Waals surface area contributed by atoms with E-state index in [4.69, 9.17) is 0 Å². The molecule has 0 radical (unpaired) electrons. The van der Waals surface area contributed by atoms with Crippen LogP contribution >= 0.6 is 0 Å². The molecule has 0 aromatic heterocycles. The van der Waals surface area contributed by atoms with E-state index in [0.29, 0.717) is 5.41 Å². The molecular weight excluding hydrogens is 270 g/mol. The SMILES string of the molecule is Cc1cccc(NC(=O)CC23CC4CC(CC(C4)C2)C3)c1C. The van der Waals surface area contributed by atoms with Crippen molar-refractivity contribution in [2.24, 2.45) is 23.2 Å². The predicted molar refractivity (Wildman–Crippen MR) is 89.8 cm³/mol. The van der Waals surface area contributed by atoms with Crippen LogP contribution in [0.5, 0.6) is 0 Å². The van der Waals surface area contributed by atoms with Crippen molar-refractivity contribution >= 4 is 11.6 Å². The molecule has 0 spiro atoms. The van der Waals surface area contributed by atoms with Crippen molar-refractivity contribution in [1.82, 2.24) is 0 Å². The van der Waals surface area contributed by atoms with E-state index in [1.54, 1.807) is 0 Å². The molecule has 0 aliphatic heterocycles. The van der Waals surface area contributed by atoms with Gasteiger partial charge in [0.15, 0.2) is 0 Å². The molecule has 0 atom stereocenters. The summed E-state index contributed by atoms with van der Waals surface area (Å²) in [6.45, 7) is 4.19. The molecule has 1 aromatic rings. The molecule has 4 aliphatic rings. The van der Waals surface area contributed by atoms with E-state index < -0.39 is 0 Å². The second-order valence-electron chi connectivity index (χ2n) is 8.39. The van der Waals surface area contributed by atoms with Gasteiger partial charge in [0, 0.05) is 12.1 Å². The van der Waals surface area contributed by atoms with E-state index >= 15 is 0 Å². The van der Waals surface area contributed by atoms with Crippen LogP contribution in [0.2, 0.25) is 0 Å². The summed E-state index contributed by atoms with van der Waals surface area (Å²) in [5.74, 6) is 2.98. The van der Waals surface area contributed by atoms with Crippen molar-refractivity contribution in [3.8, 4) is 0 Å². The number of aryl methyl sites for hydroxylation is 1. The molecule has 4 aliphatic carbocycles. The van der Waals surface area contributed by atoms with Crippen molar-refractivity contribution in [2.75, 3.05) is 5.32 Å². The van der Waals surface area contributed by atoms with Crippen molar-refractivity contribution in [2.45, 2.75) is 58.8 Å². The average Bonchev–Trinajstić information content (AvgIpc) is 2.41. The summed E-state index contributed by atoms with van der Waals surface area (Å²) in [7, 11) is 0. The second kappa shape index (κ2) is 5.11. The van der Waals surface area contributed by atoms with Gasteiger partial charge in [0.05, 0.1) is 0 Å². The molecule has 4 saturated carbocycles. The van der Waals surface area contributed by atoms with Crippen LogP contribution in [0.4, 0.5) is 5.69 Å². The molecule has 22 heavy (non-hydrogen) atoms. The largest absolute Gasteiger partial charge is 0.326 e. The molecule has 4 fully saturated rings. The first-order valence-electron chi connectivity index (χ1n) is 8.89. The smallest absolute Gasteiger partial charge is 0.224 e. The topological polar surface area (TPSA) is 29.1 Å². The lowest BCUT2D eigenvalue weighted by Crippen LogP contribution is -2.47. The van der Waals surface area contributed by atoms with E-state index in [-0.39, 0.29) is 5.91 Å². The summed E-state index contributed by atoms with van der Waals surface area (Å²) in [6, 6.07) is 6.16. The molecule has 2 nitrogen and oxygen atoms in total. The predicted octanol–water partition coefficient (Wildman–Crippen LogP) is 4.85. The summed E-state index contributed by atoms with van der Waals surface area (Å²) in [6.07, 6.45) is 8.98. The summed E-state index contributed by atoms with van der Waals surface area (Å²) < 4.78 is 0. The second-order valence-corrected chi connectivity index (χ2v) is 8.39. The van der Waals surface area contributed by atoms with E-state index in [0.717, 1.165) is 29.9 Å². The first-order chi connectivity index (χ1) is 10.5. The van der Waals surface area contributed by atoms with Crippen LogP contribution in [-0.4, -0.2) is 5.91 Å². The van der Waals surface area contributed by atoms with Gasteiger partial charge in [-0.15, -0.1) is 0 Å². The summed E-state index contributed by atoms with van der Waals surface area (Å²) in [4.78, 5) is 12.6. The van der Waals surface area contributed by atoms with Gasteiger partial charge >= 0.3 is 0 Å². The van der Waals surface area contributed by atoms with Gasteiger partial charge in [0.1, 0.15) is 0 Å². The van der Waals surface area contributed by atoms with Crippen LogP contribution in [0.15, 0.2) is 18.2 Å². The van der Waals surface area contributed by atoms with Gasteiger partial charge in [-0.2, -0.15) is 0 Å². The molecule has 4 bridgehead atoms. The summed E-state index contributed by atoms with van der Waals surface area (Å²) >= 11 is 0. The lowest BCUT2D eigenvalue weighted by molar-refractivity contribution is -0.124. The van der Waals surface area contributed by atoms with Crippen molar-refractivity contribution in [3.63, 3.8) is 0 Å². The van der Waals surface area contributed by atoms with Gasteiger partial charge in [0.2, 0.25) is 5.91 Å². The highest BCUT2D eigenvalue weighted by atomic mass is 16.1. The Balaban J connectivity index is 1.47. The highest BCUT2D eigenvalue weighted by Crippen LogP contribution is 2.61. The maximum Gasteiger partial charge on any atom is 0.224 e. The van der Waals surface area contributed by atoms with Gasteiger partial charge in [-0.05, 0) is 92.7 Å². The summed E-state index contributed by atoms with van der Waals surface area (Å²) in [5.41, 5.74) is 3.76. The number of carbonyl (C=O) groups is 1. The quantitative estimate of drug-likeness (QED) is 0.849. The average molecular weight is 297 g/mol. The minimum atomic E-state index is 0.232. The van der Waals surface area contributed by atoms with Crippen molar-refractivity contribution < 1.29 is 4.79 Å². The van der Waals surface area contributed by atoms with E-state index in [1.165, 1.54) is 49.7 Å². The van der Waals surface area contributed by atoms with Gasteiger partial charge in [-0.25, -0.2) is 0 Å². The first kappa shape index (κ1) is 14.3. The maximum atomic E-state index is 12.6. The zero-order valence-corrected chi connectivity index (χ0v) is 13.8. The Morgan fingerprint density at radius 2 is 1.68 bits per heavy atom. The monoisotopic (exact) mass is 297 g/mol. The minimum Gasteiger partial charge on any atom is -0.326 e. The third-order valence-electron chi connectivity index (χ3n) is 6.58. The normalized spacial score (nSPS) is 35.6. The third-order valence-corrected chi connectivity index (χ3v) is 6.58. The third kappa shape index (κ3) is 2.47. The Morgan fingerprint density at radius 1 is 1.09 bits per heavy atom. The Labute approximate surface area is 133 Å². The fourth-order valence-corrected chi connectivity index (χ4v) is 5.93. The van der Waals surface area contributed by atoms with Crippen LogP contribution in [0.3, 0.4) is 0 Å². The Morgan fingerprint density at radius 3 is 2.27 bits per heavy atom. The Kier molecular flexibility index (Phi) is 3.32. The van der Waals surface area contributed by atoms with Crippen LogP contribution in [0, 0.1) is 37.0 Å². The number of amides is 1. The molecule has 5 rings (SSSR count). The molecule has 1 N–H and O–H groups in total. The van der Waals surface area contributed by atoms with E-state index in [9.17, 15) is 4.79 Å². The Hall–Kier alpha value is -1.31. The molecular formula is C20H27NO. The minimum absolute atomic E-state index is 0.232. The zero-order valence-electron chi connectivity index (χ0n) is 13.8. The van der Waals surface area contributed by atoms with Gasteiger partial charge in [0.25, 0.3) is 0 Å². The number of benzene rings is 1. The standard InChI is InChI=1S/C20H27NO/c1-13-4-3-5-18(14(13)2)21-19(22)12-20-9-15-6-16(10-20)8-17(7-15)11-20/h3-5,15-17H,6-12H2,1-2H3,(H,21,22). The van der Waals surface area contributed by atoms with E-state index in [1.807, 2.05) is 12.1 Å². The fourth-order valence-electron chi connectivity index (χ4n) is 5.93. The van der Waals surface area contributed by atoms with Gasteiger partial charge in [-0.1, -0.05) is 12.1 Å². The van der Waals surface area contributed by atoms with Crippen LogP contribution in [-0.2, 0) is 4.79 Å². The fraction of sp³-hybridized carbons (Fsp3) is 0.650. The lowest BCUT2D eigenvalue weighted by Gasteiger charge is -2.56. The van der Waals surface area contributed by atoms with Crippen LogP contribution in [0.1, 0.15) is 56.1 Å². The lowest BCUT2D eigenvalue weighted by atomic mass is 9.49. The number of carbonyl (C=O) groups excluding carboxylic acids is 1. The number of hydrogen-bond donors (Lipinski definition) is 1. The number of hydrogen-bond acceptors (Lipinski definition) is 1. The molecule has 118 valence electrons. The maximum absolute atomic E-state index is 12.6. The van der Waals surface area contributed by atoms with Crippen molar-refractivity contribution in [1.29, 1.82) is 0 Å². The summed E-state index contributed by atoms with van der Waals surface area (Å²) in [5, 5.41) is 3.19. The first-order valence-corrected chi connectivity index (χ1v) is 8.89. The Bertz CT molecular complexity index is 568. The molecule has 0 unspecified atom stereocenters.